The van der Waals surface area contributed by atoms with Crippen molar-refractivity contribution in [1.82, 2.24) is 4.57 Å². The van der Waals surface area contributed by atoms with Gasteiger partial charge in [0, 0.05) is 12.2 Å². The van der Waals surface area contributed by atoms with Crippen molar-refractivity contribution in [3.63, 3.8) is 0 Å². The van der Waals surface area contributed by atoms with Gasteiger partial charge in [0.1, 0.15) is 5.60 Å². The van der Waals surface area contributed by atoms with Crippen LogP contribution in [0, 0.1) is 6.92 Å². The maximum absolute atomic E-state index is 12.8. The van der Waals surface area contributed by atoms with Gasteiger partial charge in [0.15, 0.2) is 5.58 Å². The van der Waals surface area contributed by atoms with Crippen LogP contribution >= 0.6 is 0 Å². The Labute approximate surface area is 188 Å². The lowest BCUT2D eigenvalue weighted by Crippen LogP contribution is -2.24. The molecule has 3 N–H and O–H groups in total. The topological polar surface area (TPSA) is 108 Å². The number of rotatable bonds is 8. The van der Waals surface area contributed by atoms with Crippen molar-refractivity contribution in [2.75, 3.05) is 5.73 Å². The Morgan fingerprint density at radius 2 is 1.81 bits per heavy atom. The fourth-order valence-corrected chi connectivity index (χ4v) is 4.03. The van der Waals surface area contributed by atoms with Crippen LogP contribution in [0.5, 0.6) is 5.75 Å². The van der Waals surface area contributed by atoms with Crippen molar-refractivity contribution in [2.24, 2.45) is 0 Å². The first-order valence-electron chi connectivity index (χ1n) is 11.4. The predicted molar refractivity (Wildman–Crippen MR) is 127 cm³/mol. The quantitative estimate of drug-likeness (QED) is 0.344. The summed E-state index contributed by atoms with van der Waals surface area (Å²) in [6.07, 6.45) is 7.09. The van der Waals surface area contributed by atoms with Crippen LogP contribution in [0.15, 0.2) is 21.3 Å². The molecular formula is C25H34N2O5. The van der Waals surface area contributed by atoms with Crippen LogP contribution in [0.1, 0.15) is 82.5 Å². The smallest absolute Gasteiger partial charge is 0.378 e. The SMILES string of the molecule is CCCCCCCCn1c(C)c(N)c2c3oc(C(=O)OC(C)(C)C)c(O)c(=O)c3ccc21. The number of anilines is 1. The highest BCUT2D eigenvalue weighted by Gasteiger charge is 2.27. The molecule has 0 fully saturated rings. The summed E-state index contributed by atoms with van der Waals surface area (Å²) in [5.74, 6) is -2.16. The standard InChI is InChI=1S/C25H34N2O5/c1-6-7-8-9-10-11-14-27-15(2)19(26)18-17(27)13-12-16-20(28)21(29)23(31-22(16)18)24(30)32-25(3,4)5/h12-13,29H,6-11,14,26H2,1-5H3. The highest BCUT2D eigenvalue weighted by Crippen LogP contribution is 2.36. The van der Waals surface area contributed by atoms with Gasteiger partial charge in [0.2, 0.25) is 11.2 Å². The zero-order chi connectivity index (χ0) is 23.6. The zero-order valence-electron chi connectivity index (χ0n) is 19.7. The largest absolute Gasteiger partial charge is 0.501 e. The number of esters is 1. The van der Waals surface area contributed by atoms with E-state index in [4.69, 9.17) is 14.9 Å². The molecule has 0 spiro atoms. The Morgan fingerprint density at radius 1 is 1.16 bits per heavy atom. The molecule has 3 rings (SSSR count). The summed E-state index contributed by atoms with van der Waals surface area (Å²) in [6.45, 7) is 10.0. The van der Waals surface area contributed by atoms with Crippen molar-refractivity contribution in [3.8, 4) is 5.75 Å². The molecule has 0 atom stereocenters. The Bertz CT molecular complexity index is 1200. The number of nitrogens with two attached hydrogens (primary N) is 1. The average molecular weight is 443 g/mol. The fraction of sp³-hybridized carbons (Fsp3) is 0.520. The molecule has 0 aliphatic rings. The zero-order valence-corrected chi connectivity index (χ0v) is 19.7. The number of carbonyl (C=O) groups excluding carboxylic acids is 1. The molecule has 0 aliphatic heterocycles. The molecule has 0 unspecified atom stereocenters. The molecule has 0 saturated carbocycles. The summed E-state index contributed by atoms with van der Waals surface area (Å²) in [5.41, 5.74) is 7.35. The number of unbranched alkanes of at least 4 members (excludes halogenated alkanes) is 5. The van der Waals surface area contributed by atoms with Gasteiger partial charge in [-0.15, -0.1) is 0 Å². The van der Waals surface area contributed by atoms with Gasteiger partial charge in [0.05, 0.1) is 22.0 Å². The normalized spacial score (nSPS) is 12.0. The van der Waals surface area contributed by atoms with E-state index >= 15 is 0 Å². The summed E-state index contributed by atoms with van der Waals surface area (Å²) < 4.78 is 13.2. The summed E-state index contributed by atoms with van der Waals surface area (Å²) in [7, 11) is 0. The van der Waals surface area contributed by atoms with Crippen LogP contribution in [0.25, 0.3) is 21.9 Å². The lowest BCUT2D eigenvalue weighted by atomic mass is 10.1. The van der Waals surface area contributed by atoms with Gasteiger partial charge < -0.3 is 24.6 Å². The molecule has 0 saturated heterocycles. The number of aromatic hydroxyl groups is 1. The monoisotopic (exact) mass is 442 g/mol. The third-order valence-electron chi connectivity index (χ3n) is 5.69. The van der Waals surface area contributed by atoms with Crippen molar-refractivity contribution in [2.45, 2.75) is 85.3 Å². The first-order chi connectivity index (χ1) is 15.1. The first-order valence-corrected chi connectivity index (χ1v) is 11.4. The molecular weight excluding hydrogens is 408 g/mol. The van der Waals surface area contributed by atoms with E-state index in [1.54, 1.807) is 26.8 Å². The van der Waals surface area contributed by atoms with Gasteiger partial charge in [-0.05, 0) is 46.2 Å². The van der Waals surface area contributed by atoms with Gasteiger partial charge in [-0.1, -0.05) is 39.0 Å². The molecule has 32 heavy (non-hydrogen) atoms. The van der Waals surface area contributed by atoms with E-state index < -0.39 is 28.5 Å². The number of ether oxygens (including phenoxy) is 1. The number of carbonyl (C=O) groups is 1. The van der Waals surface area contributed by atoms with E-state index in [1.807, 2.05) is 13.0 Å². The highest BCUT2D eigenvalue weighted by atomic mass is 16.6. The van der Waals surface area contributed by atoms with E-state index in [9.17, 15) is 14.7 Å². The van der Waals surface area contributed by atoms with Crippen molar-refractivity contribution >= 4 is 33.5 Å². The van der Waals surface area contributed by atoms with Gasteiger partial charge in [0.25, 0.3) is 5.76 Å². The van der Waals surface area contributed by atoms with Crippen LogP contribution in [0.2, 0.25) is 0 Å². The van der Waals surface area contributed by atoms with E-state index in [2.05, 4.69) is 11.5 Å². The van der Waals surface area contributed by atoms with E-state index in [1.165, 1.54) is 25.7 Å². The predicted octanol–water partition coefficient (Wildman–Crippen LogP) is 5.66. The summed E-state index contributed by atoms with van der Waals surface area (Å²) in [6, 6.07) is 3.43. The third-order valence-corrected chi connectivity index (χ3v) is 5.69. The molecule has 0 radical (unpaired) electrons. The Hall–Kier alpha value is -2.96. The Balaban J connectivity index is 2.07. The minimum absolute atomic E-state index is 0.172. The second-order valence-corrected chi connectivity index (χ2v) is 9.37. The van der Waals surface area contributed by atoms with Gasteiger partial charge in [-0.25, -0.2) is 4.79 Å². The number of nitrogens with zero attached hydrogens (tertiary/aromatic N) is 1. The van der Waals surface area contributed by atoms with Crippen molar-refractivity contribution in [3.05, 3.63) is 33.8 Å². The molecule has 7 heteroatoms. The first kappa shape index (κ1) is 23.7. The lowest BCUT2D eigenvalue weighted by Gasteiger charge is -2.19. The molecule has 0 amide bonds. The number of aryl methyl sites for hydroxylation is 1. The van der Waals surface area contributed by atoms with E-state index in [0.717, 1.165) is 30.6 Å². The van der Waals surface area contributed by atoms with E-state index in [0.29, 0.717) is 11.1 Å². The minimum atomic E-state index is -0.896. The fourth-order valence-electron chi connectivity index (χ4n) is 4.03. The van der Waals surface area contributed by atoms with E-state index in [-0.39, 0.29) is 11.0 Å². The summed E-state index contributed by atoms with van der Waals surface area (Å²) >= 11 is 0. The van der Waals surface area contributed by atoms with Crippen LogP contribution in [-0.4, -0.2) is 21.2 Å². The molecule has 3 aromatic rings. The van der Waals surface area contributed by atoms with Crippen molar-refractivity contribution in [1.29, 1.82) is 0 Å². The van der Waals surface area contributed by atoms with Crippen LogP contribution in [0.4, 0.5) is 5.69 Å². The minimum Gasteiger partial charge on any atom is -0.501 e. The Morgan fingerprint density at radius 3 is 2.47 bits per heavy atom. The molecule has 0 aliphatic carbocycles. The van der Waals surface area contributed by atoms with Gasteiger partial charge in [-0.2, -0.15) is 0 Å². The molecule has 174 valence electrons. The van der Waals surface area contributed by atoms with Crippen molar-refractivity contribution < 1.29 is 19.1 Å². The molecule has 0 bridgehead atoms. The number of fused-ring (bicyclic) bond motifs is 3. The maximum atomic E-state index is 12.8. The summed E-state index contributed by atoms with van der Waals surface area (Å²) in [4.78, 5) is 25.4. The van der Waals surface area contributed by atoms with Gasteiger partial charge in [-0.3, -0.25) is 4.79 Å². The highest BCUT2D eigenvalue weighted by molar-refractivity contribution is 6.11. The second-order valence-electron chi connectivity index (χ2n) is 9.37. The van der Waals surface area contributed by atoms with Gasteiger partial charge >= 0.3 is 5.97 Å². The van der Waals surface area contributed by atoms with Crippen LogP contribution < -0.4 is 11.2 Å². The second kappa shape index (κ2) is 9.27. The molecule has 1 aromatic carbocycles. The number of benzene rings is 1. The van der Waals surface area contributed by atoms with Crippen LogP contribution in [-0.2, 0) is 11.3 Å². The molecule has 2 aromatic heterocycles. The summed E-state index contributed by atoms with van der Waals surface area (Å²) in [5, 5.41) is 11.1. The maximum Gasteiger partial charge on any atom is 0.378 e. The lowest BCUT2D eigenvalue weighted by molar-refractivity contribution is 0.00322. The number of aromatic nitrogens is 1. The average Bonchev–Trinajstić information content (AvgIpc) is 2.96. The number of hydrogen-bond donors (Lipinski definition) is 2. The number of nitrogen functional groups attached to an aromatic ring is 1. The third kappa shape index (κ3) is 4.61. The Kier molecular flexibility index (Phi) is 6.86. The van der Waals surface area contributed by atoms with Crippen LogP contribution in [0.3, 0.4) is 0 Å². The number of hydrogen-bond acceptors (Lipinski definition) is 6. The molecule has 2 heterocycles. The molecule has 7 nitrogen and oxygen atoms in total.